The standard InChI is InChI=1S/C16H16F3N3O3/c1-9(2)14(23)22-5-6-24-12-7-10(3-4-11(12)8-22)13-20-15(25-21-13)16(17,18)19/h3-4,7,9H,5-6,8H2,1-2H3. The lowest BCUT2D eigenvalue weighted by Crippen LogP contribution is -2.35. The van der Waals surface area contributed by atoms with Gasteiger partial charge < -0.3 is 14.2 Å². The first-order chi connectivity index (χ1) is 11.8. The van der Waals surface area contributed by atoms with Crippen molar-refractivity contribution < 1.29 is 27.2 Å². The molecule has 0 spiro atoms. The second kappa shape index (κ2) is 6.38. The minimum atomic E-state index is -4.69. The fourth-order valence-corrected chi connectivity index (χ4v) is 2.52. The van der Waals surface area contributed by atoms with E-state index in [4.69, 9.17) is 4.74 Å². The number of carbonyl (C=O) groups is 1. The summed E-state index contributed by atoms with van der Waals surface area (Å²) in [4.78, 5) is 17.2. The number of rotatable bonds is 2. The second-order valence-electron chi connectivity index (χ2n) is 6.01. The summed E-state index contributed by atoms with van der Waals surface area (Å²) in [6.45, 7) is 4.78. The number of halogens is 3. The monoisotopic (exact) mass is 355 g/mol. The fraction of sp³-hybridized carbons (Fsp3) is 0.438. The highest BCUT2D eigenvalue weighted by Gasteiger charge is 2.38. The number of benzene rings is 1. The first kappa shape index (κ1) is 17.2. The van der Waals surface area contributed by atoms with Crippen molar-refractivity contribution in [3.05, 3.63) is 29.7 Å². The maximum Gasteiger partial charge on any atom is 0.471 e. The van der Waals surface area contributed by atoms with Gasteiger partial charge in [-0.2, -0.15) is 18.2 Å². The maximum atomic E-state index is 12.6. The molecule has 0 saturated carbocycles. The van der Waals surface area contributed by atoms with Gasteiger partial charge in [0.15, 0.2) is 0 Å². The lowest BCUT2D eigenvalue weighted by atomic mass is 10.1. The average molecular weight is 355 g/mol. The Hall–Kier alpha value is -2.58. The van der Waals surface area contributed by atoms with Crippen LogP contribution in [0.5, 0.6) is 5.75 Å². The zero-order chi connectivity index (χ0) is 18.2. The molecule has 1 amide bonds. The summed E-state index contributed by atoms with van der Waals surface area (Å²) in [7, 11) is 0. The normalized spacial score (nSPS) is 14.9. The van der Waals surface area contributed by atoms with Crippen molar-refractivity contribution in [1.29, 1.82) is 0 Å². The maximum absolute atomic E-state index is 12.6. The molecule has 0 atom stereocenters. The van der Waals surface area contributed by atoms with Gasteiger partial charge in [-0.15, -0.1) is 0 Å². The molecule has 1 aromatic heterocycles. The van der Waals surface area contributed by atoms with Gasteiger partial charge in [-0.3, -0.25) is 4.79 Å². The quantitative estimate of drug-likeness (QED) is 0.828. The first-order valence-corrected chi connectivity index (χ1v) is 7.71. The number of aromatic nitrogens is 2. The summed E-state index contributed by atoms with van der Waals surface area (Å²) in [6, 6.07) is 4.83. The molecule has 0 radical (unpaired) electrons. The first-order valence-electron chi connectivity index (χ1n) is 7.71. The zero-order valence-electron chi connectivity index (χ0n) is 13.6. The van der Waals surface area contributed by atoms with Gasteiger partial charge >= 0.3 is 12.1 Å². The molecule has 134 valence electrons. The van der Waals surface area contributed by atoms with Crippen LogP contribution in [-0.2, 0) is 17.5 Å². The third-order valence-corrected chi connectivity index (χ3v) is 3.78. The van der Waals surface area contributed by atoms with E-state index >= 15 is 0 Å². The van der Waals surface area contributed by atoms with Crippen LogP contribution in [0.25, 0.3) is 11.4 Å². The van der Waals surface area contributed by atoms with Crippen molar-refractivity contribution in [1.82, 2.24) is 15.0 Å². The van der Waals surface area contributed by atoms with Crippen LogP contribution in [-0.4, -0.2) is 34.1 Å². The average Bonchev–Trinajstić information content (AvgIpc) is 2.95. The number of carbonyl (C=O) groups excluding carboxylic acids is 1. The molecule has 2 heterocycles. The van der Waals surface area contributed by atoms with E-state index in [1.54, 1.807) is 23.1 Å². The molecular weight excluding hydrogens is 339 g/mol. The number of amides is 1. The molecule has 9 heteroatoms. The number of hydrogen-bond acceptors (Lipinski definition) is 5. The Labute approximate surface area is 141 Å². The Morgan fingerprint density at radius 3 is 2.72 bits per heavy atom. The number of nitrogens with zero attached hydrogens (tertiary/aromatic N) is 3. The van der Waals surface area contributed by atoms with E-state index < -0.39 is 12.1 Å². The molecule has 0 bridgehead atoms. The van der Waals surface area contributed by atoms with Gasteiger partial charge in [0.1, 0.15) is 12.4 Å². The van der Waals surface area contributed by atoms with Crippen LogP contribution in [0.4, 0.5) is 13.2 Å². The van der Waals surface area contributed by atoms with Crippen LogP contribution in [0.2, 0.25) is 0 Å². The van der Waals surface area contributed by atoms with Gasteiger partial charge in [0.25, 0.3) is 0 Å². The van der Waals surface area contributed by atoms with E-state index in [0.717, 1.165) is 5.56 Å². The Morgan fingerprint density at radius 2 is 2.08 bits per heavy atom. The topological polar surface area (TPSA) is 68.5 Å². The molecule has 0 unspecified atom stereocenters. The van der Waals surface area contributed by atoms with E-state index in [9.17, 15) is 18.0 Å². The predicted molar refractivity (Wildman–Crippen MR) is 80.5 cm³/mol. The van der Waals surface area contributed by atoms with Crippen LogP contribution >= 0.6 is 0 Å². The Bertz CT molecular complexity index is 786. The van der Waals surface area contributed by atoms with E-state index in [-0.39, 0.29) is 17.6 Å². The zero-order valence-corrected chi connectivity index (χ0v) is 13.6. The van der Waals surface area contributed by atoms with Crippen molar-refractivity contribution in [2.45, 2.75) is 26.6 Å². The Balaban J connectivity index is 1.87. The van der Waals surface area contributed by atoms with Crippen molar-refractivity contribution in [3.63, 3.8) is 0 Å². The van der Waals surface area contributed by atoms with Crippen LogP contribution in [0, 0.1) is 5.92 Å². The number of hydrogen-bond donors (Lipinski definition) is 0. The highest BCUT2D eigenvalue weighted by Crippen LogP contribution is 2.32. The number of fused-ring (bicyclic) bond motifs is 1. The van der Waals surface area contributed by atoms with E-state index in [0.29, 0.717) is 31.0 Å². The molecule has 6 nitrogen and oxygen atoms in total. The summed E-state index contributed by atoms with van der Waals surface area (Å²) in [5.74, 6) is -1.17. The van der Waals surface area contributed by atoms with Gasteiger partial charge in [-0.1, -0.05) is 31.1 Å². The van der Waals surface area contributed by atoms with E-state index in [1.165, 1.54) is 0 Å². The van der Waals surface area contributed by atoms with Crippen LogP contribution < -0.4 is 4.74 Å². The SMILES string of the molecule is CC(C)C(=O)N1CCOc2cc(-c3noc(C(F)(F)F)n3)ccc2C1. The molecule has 25 heavy (non-hydrogen) atoms. The molecule has 1 aliphatic heterocycles. The minimum absolute atomic E-state index is 0.0218. The van der Waals surface area contributed by atoms with Crippen molar-refractivity contribution >= 4 is 5.91 Å². The van der Waals surface area contributed by atoms with Gasteiger partial charge in [0.2, 0.25) is 11.7 Å². The molecule has 1 aromatic carbocycles. The largest absolute Gasteiger partial charge is 0.491 e. The molecule has 1 aliphatic rings. The molecule has 0 saturated heterocycles. The molecule has 3 rings (SSSR count). The molecule has 0 N–H and O–H groups in total. The van der Waals surface area contributed by atoms with Crippen molar-refractivity contribution in [2.75, 3.05) is 13.2 Å². The molecule has 0 aliphatic carbocycles. The smallest absolute Gasteiger partial charge is 0.471 e. The van der Waals surface area contributed by atoms with Crippen molar-refractivity contribution in [2.24, 2.45) is 5.92 Å². The molecule has 0 fully saturated rings. The summed E-state index contributed by atoms with van der Waals surface area (Å²) in [5, 5.41) is 3.37. The van der Waals surface area contributed by atoms with Gasteiger partial charge in [0.05, 0.1) is 6.54 Å². The van der Waals surface area contributed by atoms with E-state index in [2.05, 4.69) is 14.7 Å². The Kier molecular flexibility index (Phi) is 4.40. The molecule has 2 aromatic rings. The highest BCUT2D eigenvalue weighted by atomic mass is 19.4. The number of ether oxygens (including phenoxy) is 1. The second-order valence-corrected chi connectivity index (χ2v) is 6.01. The minimum Gasteiger partial charge on any atom is -0.491 e. The van der Waals surface area contributed by atoms with Crippen LogP contribution in [0.3, 0.4) is 0 Å². The number of alkyl halides is 3. The van der Waals surface area contributed by atoms with Gasteiger partial charge in [-0.05, 0) is 6.07 Å². The van der Waals surface area contributed by atoms with Crippen LogP contribution in [0.15, 0.2) is 22.7 Å². The lowest BCUT2D eigenvalue weighted by Gasteiger charge is -2.21. The summed E-state index contributed by atoms with van der Waals surface area (Å²) >= 11 is 0. The summed E-state index contributed by atoms with van der Waals surface area (Å²) < 4.78 is 47.6. The molecular formula is C16H16F3N3O3. The summed E-state index contributed by atoms with van der Waals surface area (Å²) in [5.41, 5.74) is 1.12. The predicted octanol–water partition coefficient (Wildman–Crippen LogP) is 3.13. The third kappa shape index (κ3) is 3.59. The third-order valence-electron chi connectivity index (χ3n) is 3.78. The lowest BCUT2D eigenvalue weighted by molar-refractivity contribution is -0.159. The summed E-state index contributed by atoms with van der Waals surface area (Å²) in [6.07, 6.45) is -4.69. The van der Waals surface area contributed by atoms with Gasteiger partial charge in [-0.25, -0.2) is 0 Å². The van der Waals surface area contributed by atoms with Crippen LogP contribution in [0.1, 0.15) is 25.3 Å². The van der Waals surface area contributed by atoms with Gasteiger partial charge in [0, 0.05) is 23.6 Å². The Morgan fingerprint density at radius 1 is 1.32 bits per heavy atom. The highest BCUT2D eigenvalue weighted by molar-refractivity contribution is 5.78. The van der Waals surface area contributed by atoms with Crippen molar-refractivity contribution in [3.8, 4) is 17.1 Å². The fourth-order valence-electron chi connectivity index (χ4n) is 2.52. The van der Waals surface area contributed by atoms with E-state index in [1.807, 2.05) is 13.8 Å².